The van der Waals surface area contributed by atoms with Crippen LogP contribution in [0.4, 0.5) is 0 Å². The van der Waals surface area contributed by atoms with Gasteiger partial charge in [-0.3, -0.25) is 14.5 Å². The van der Waals surface area contributed by atoms with E-state index in [1.165, 1.54) is 9.80 Å². The second kappa shape index (κ2) is 8.83. The van der Waals surface area contributed by atoms with Crippen LogP contribution < -0.4 is 4.74 Å². The number of thioether (sulfide) groups is 1. The Kier molecular flexibility index (Phi) is 6.77. The molecule has 2 amide bonds. The van der Waals surface area contributed by atoms with Crippen LogP contribution in [0.25, 0.3) is 0 Å². The van der Waals surface area contributed by atoms with Gasteiger partial charge >= 0.3 is 0 Å². The zero-order chi connectivity index (χ0) is 15.8. The van der Waals surface area contributed by atoms with Crippen molar-refractivity contribution in [1.29, 1.82) is 0 Å². The molecular formula is C17H23NO3S. The van der Waals surface area contributed by atoms with Gasteiger partial charge in [-0.2, -0.15) is 0 Å². The quantitative estimate of drug-likeness (QED) is 0.438. The highest BCUT2D eigenvalue weighted by Crippen LogP contribution is 2.22. The zero-order valence-electron chi connectivity index (χ0n) is 13.0. The molecule has 0 aromatic heterocycles. The molecule has 4 nitrogen and oxygen atoms in total. The van der Waals surface area contributed by atoms with Crippen molar-refractivity contribution in [3.63, 3.8) is 0 Å². The first-order valence-corrected chi connectivity index (χ1v) is 8.79. The summed E-state index contributed by atoms with van der Waals surface area (Å²) in [5.41, 5.74) is 0. The number of ether oxygens (including phenoxy) is 1. The predicted octanol–water partition coefficient (Wildman–Crippen LogP) is 3.50. The van der Waals surface area contributed by atoms with Gasteiger partial charge in [-0.05, 0) is 55.7 Å². The molecule has 0 aliphatic carbocycles. The molecule has 0 bridgehead atoms. The number of benzene rings is 1. The molecule has 0 radical (unpaired) electrons. The van der Waals surface area contributed by atoms with E-state index in [0.717, 1.165) is 37.2 Å². The van der Waals surface area contributed by atoms with Gasteiger partial charge in [0.1, 0.15) is 5.75 Å². The standard InChI is InChI=1S/C17H23NO3S/c1-21-14-8-10-15(11-9-14)22-13-5-4-12-18-16(19)6-2-3-7-17(18)20/h8-11H,2-7,12-13H2,1H3. The first kappa shape index (κ1) is 16.9. The molecule has 0 atom stereocenters. The normalized spacial score (nSPS) is 15.8. The maximum atomic E-state index is 11.9. The highest BCUT2D eigenvalue weighted by atomic mass is 32.2. The molecule has 22 heavy (non-hydrogen) atoms. The van der Waals surface area contributed by atoms with Crippen molar-refractivity contribution < 1.29 is 14.3 Å². The largest absolute Gasteiger partial charge is 0.497 e. The van der Waals surface area contributed by atoms with Crippen molar-refractivity contribution in [2.24, 2.45) is 0 Å². The molecule has 2 rings (SSSR count). The Labute approximate surface area is 136 Å². The molecule has 120 valence electrons. The van der Waals surface area contributed by atoms with Crippen LogP contribution in [0.2, 0.25) is 0 Å². The second-order valence-corrected chi connectivity index (χ2v) is 6.55. The summed E-state index contributed by atoms with van der Waals surface area (Å²) in [6.45, 7) is 0.570. The number of hydrogen-bond acceptors (Lipinski definition) is 4. The van der Waals surface area contributed by atoms with Crippen molar-refractivity contribution in [3.8, 4) is 5.75 Å². The van der Waals surface area contributed by atoms with Crippen molar-refractivity contribution in [3.05, 3.63) is 24.3 Å². The molecular weight excluding hydrogens is 298 g/mol. The summed E-state index contributed by atoms with van der Waals surface area (Å²) in [7, 11) is 1.66. The van der Waals surface area contributed by atoms with Crippen LogP contribution in [0.3, 0.4) is 0 Å². The second-order valence-electron chi connectivity index (χ2n) is 5.38. The number of amides is 2. The molecule has 0 saturated carbocycles. The number of carbonyl (C=O) groups is 2. The van der Waals surface area contributed by atoms with Crippen molar-refractivity contribution in [2.45, 2.75) is 43.4 Å². The Bertz CT molecular complexity index is 483. The van der Waals surface area contributed by atoms with Gasteiger partial charge in [-0.25, -0.2) is 0 Å². The lowest BCUT2D eigenvalue weighted by Gasteiger charge is -2.18. The summed E-state index contributed by atoms with van der Waals surface area (Å²) in [6, 6.07) is 8.00. The third-order valence-corrected chi connectivity index (χ3v) is 4.84. The highest BCUT2D eigenvalue weighted by molar-refractivity contribution is 7.99. The van der Waals surface area contributed by atoms with E-state index in [1.807, 2.05) is 24.3 Å². The van der Waals surface area contributed by atoms with Gasteiger partial charge < -0.3 is 4.74 Å². The van der Waals surface area contributed by atoms with E-state index >= 15 is 0 Å². The van der Waals surface area contributed by atoms with Crippen LogP contribution >= 0.6 is 11.8 Å². The monoisotopic (exact) mass is 321 g/mol. The van der Waals surface area contributed by atoms with Crippen LogP contribution in [-0.2, 0) is 9.59 Å². The third kappa shape index (κ3) is 5.05. The van der Waals surface area contributed by atoms with Crippen LogP contribution in [-0.4, -0.2) is 36.1 Å². The fourth-order valence-electron chi connectivity index (χ4n) is 2.44. The number of methoxy groups -OCH3 is 1. The molecule has 1 fully saturated rings. The third-order valence-electron chi connectivity index (χ3n) is 3.74. The van der Waals surface area contributed by atoms with E-state index in [1.54, 1.807) is 18.9 Å². The van der Waals surface area contributed by atoms with Gasteiger partial charge in [0.15, 0.2) is 0 Å². The lowest BCUT2D eigenvalue weighted by molar-refractivity contribution is -0.143. The minimum Gasteiger partial charge on any atom is -0.497 e. The van der Waals surface area contributed by atoms with Gasteiger partial charge in [-0.1, -0.05) is 0 Å². The van der Waals surface area contributed by atoms with E-state index in [2.05, 4.69) is 0 Å². The van der Waals surface area contributed by atoms with Crippen molar-refractivity contribution >= 4 is 23.6 Å². The Morgan fingerprint density at radius 3 is 2.27 bits per heavy atom. The number of imide groups is 1. The molecule has 1 aromatic rings. The van der Waals surface area contributed by atoms with Crippen molar-refractivity contribution in [2.75, 3.05) is 19.4 Å². The molecule has 1 aliphatic heterocycles. The summed E-state index contributed by atoms with van der Waals surface area (Å²) < 4.78 is 5.13. The molecule has 0 unspecified atom stereocenters. The van der Waals surface area contributed by atoms with Gasteiger partial charge in [0, 0.05) is 24.3 Å². The molecule has 1 aromatic carbocycles. The summed E-state index contributed by atoms with van der Waals surface area (Å²) in [6.07, 6.45) is 4.59. The van der Waals surface area contributed by atoms with E-state index in [4.69, 9.17) is 4.74 Å². The SMILES string of the molecule is COc1ccc(SCCCCN2C(=O)CCCCC2=O)cc1. The molecule has 5 heteroatoms. The van der Waals surface area contributed by atoms with Crippen LogP contribution in [0, 0.1) is 0 Å². The number of hydrogen-bond donors (Lipinski definition) is 0. The molecule has 0 spiro atoms. The molecule has 1 saturated heterocycles. The minimum atomic E-state index is 0.00491. The Hall–Kier alpha value is -1.49. The molecule has 1 heterocycles. The number of rotatable bonds is 7. The fourth-order valence-corrected chi connectivity index (χ4v) is 3.36. The number of unbranched alkanes of at least 4 members (excludes halogenated alkanes) is 1. The van der Waals surface area contributed by atoms with Crippen molar-refractivity contribution in [1.82, 2.24) is 4.90 Å². The van der Waals surface area contributed by atoms with Gasteiger partial charge in [0.25, 0.3) is 0 Å². The van der Waals surface area contributed by atoms with Gasteiger partial charge in [0.05, 0.1) is 7.11 Å². The molecule has 0 N–H and O–H groups in total. The lowest BCUT2D eigenvalue weighted by Crippen LogP contribution is -2.35. The molecule has 1 aliphatic rings. The number of nitrogens with zero attached hydrogens (tertiary/aromatic N) is 1. The van der Waals surface area contributed by atoms with E-state index in [9.17, 15) is 9.59 Å². The van der Waals surface area contributed by atoms with Gasteiger partial charge in [0.2, 0.25) is 11.8 Å². The van der Waals surface area contributed by atoms with E-state index in [0.29, 0.717) is 19.4 Å². The Morgan fingerprint density at radius 2 is 1.68 bits per heavy atom. The number of likely N-dealkylation sites (tertiary alicyclic amines) is 1. The summed E-state index contributed by atoms with van der Waals surface area (Å²) >= 11 is 1.79. The van der Waals surface area contributed by atoms with Crippen LogP contribution in [0.15, 0.2) is 29.2 Å². The van der Waals surface area contributed by atoms with E-state index < -0.39 is 0 Å². The maximum Gasteiger partial charge on any atom is 0.229 e. The average Bonchev–Trinajstić information content (AvgIpc) is 2.69. The highest BCUT2D eigenvalue weighted by Gasteiger charge is 2.23. The number of carbonyl (C=O) groups excluding carboxylic acids is 2. The zero-order valence-corrected chi connectivity index (χ0v) is 13.9. The first-order valence-electron chi connectivity index (χ1n) is 7.81. The first-order chi connectivity index (χ1) is 10.7. The maximum absolute atomic E-state index is 11.9. The average molecular weight is 321 g/mol. The summed E-state index contributed by atoms with van der Waals surface area (Å²) in [4.78, 5) is 26.4. The predicted molar refractivity (Wildman–Crippen MR) is 88.1 cm³/mol. The van der Waals surface area contributed by atoms with E-state index in [-0.39, 0.29) is 11.8 Å². The van der Waals surface area contributed by atoms with Crippen LogP contribution in [0.5, 0.6) is 5.75 Å². The summed E-state index contributed by atoms with van der Waals surface area (Å²) in [5, 5.41) is 0. The topological polar surface area (TPSA) is 46.6 Å². The smallest absolute Gasteiger partial charge is 0.229 e. The van der Waals surface area contributed by atoms with Crippen LogP contribution in [0.1, 0.15) is 38.5 Å². The minimum absolute atomic E-state index is 0.00491. The van der Waals surface area contributed by atoms with Gasteiger partial charge in [-0.15, -0.1) is 11.8 Å². The summed E-state index contributed by atoms with van der Waals surface area (Å²) in [5.74, 6) is 1.86. The Balaban J connectivity index is 1.67. The lowest BCUT2D eigenvalue weighted by atomic mass is 10.2. The fraction of sp³-hybridized carbons (Fsp3) is 0.529. The Morgan fingerprint density at radius 1 is 1.05 bits per heavy atom.